The third-order valence-electron chi connectivity index (χ3n) is 1.97. The molecule has 0 N–H and O–H groups in total. The molecule has 0 aromatic rings. The molecule has 1 saturated heterocycles. The molecule has 0 atom stereocenters. The average molecular weight is 327 g/mol. The van der Waals surface area contributed by atoms with Crippen LogP contribution >= 0.6 is 23.5 Å². The Morgan fingerprint density at radius 3 is 1.83 bits per heavy atom. The summed E-state index contributed by atoms with van der Waals surface area (Å²) in [5.74, 6) is 0. The van der Waals surface area contributed by atoms with E-state index in [1.165, 1.54) is 10.8 Å². The Bertz CT molecular complexity index is 129. The van der Waals surface area contributed by atoms with Crippen LogP contribution in [0.2, 0.25) is 23.0 Å². The number of thioether (sulfide) groups is 2. The van der Waals surface area contributed by atoms with Crippen LogP contribution < -0.4 is 0 Å². The number of hydrogen-bond acceptors (Lipinski definition) is 2. The molecule has 0 saturated carbocycles. The van der Waals surface area contributed by atoms with Gasteiger partial charge >= 0.3 is 91.2 Å². The Morgan fingerprint density at radius 1 is 1.00 bits per heavy atom. The van der Waals surface area contributed by atoms with Gasteiger partial charge in [-0.15, -0.1) is 0 Å². The van der Waals surface area contributed by atoms with E-state index in [0.29, 0.717) is 0 Å². The van der Waals surface area contributed by atoms with Crippen LogP contribution in [0.15, 0.2) is 0 Å². The molecule has 0 bridgehead atoms. The van der Waals surface area contributed by atoms with E-state index in [4.69, 9.17) is 0 Å². The molecule has 1 aliphatic rings. The van der Waals surface area contributed by atoms with E-state index >= 15 is 0 Å². The van der Waals surface area contributed by atoms with Gasteiger partial charge in [-0.25, -0.2) is 0 Å². The van der Waals surface area contributed by atoms with Crippen molar-refractivity contribution in [2.75, 3.05) is 18.3 Å². The van der Waals surface area contributed by atoms with Gasteiger partial charge < -0.3 is 0 Å². The molecular formula is C8H20S2SiSn. The Hall–Kier alpha value is 1.72. The third kappa shape index (κ3) is 4.29. The maximum atomic E-state index is 2.61. The molecule has 72 valence electrons. The summed E-state index contributed by atoms with van der Waals surface area (Å²) >= 11 is 3.09. The van der Waals surface area contributed by atoms with Crippen LogP contribution in [0.25, 0.3) is 0 Å². The molecule has 1 aliphatic heterocycles. The summed E-state index contributed by atoms with van der Waals surface area (Å²) in [6.45, 7) is 5.08. The van der Waals surface area contributed by atoms with Crippen LogP contribution in [0.3, 0.4) is 0 Å². The van der Waals surface area contributed by atoms with Crippen LogP contribution in [0, 0.1) is 0 Å². The molecule has 4 heteroatoms. The monoisotopic (exact) mass is 328 g/mol. The molecule has 1 fully saturated rings. The van der Waals surface area contributed by atoms with Crippen molar-refractivity contribution in [2.45, 2.75) is 23.0 Å². The second-order valence-electron chi connectivity index (χ2n) is 5.31. The van der Waals surface area contributed by atoms with Gasteiger partial charge in [0.25, 0.3) is 0 Å². The topological polar surface area (TPSA) is 0 Å². The molecule has 0 radical (unpaired) electrons. The summed E-state index contributed by atoms with van der Waals surface area (Å²) in [6.07, 6.45) is 0. The quantitative estimate of drug-likeness (QED) is 0.627. The van der Waals surface area contributed by atoms with Gasteiger partial charge in [-0.1, -0.05) is 0 Å². The minimum absolute atomic E-state index is 0.776. The van der Waals surface area contributed by atoms with Crippen molar-refractivity contribution in [2.24, 2.45) is 0 Å². The molecule has 0 aromatic carbocycles. The summed E-state index contributed by atoms with van der Waals surface area (Å²) in [7, 11) is -0.776. The van der Waals surface area contributed by atoms with Crippen molar-refractivity contribution in [3.05, 3.63) is 0 Å². The standard InChI is InChI=1S/C6H14S2Si.2CH3.Sn/c1-7-5-9(3,4)6-8-2;;;/h1-2,5-6H2,3-4H3;2*1H3;. The first-order valence-corrected chi connectivity index (χ1v) is 20.0. The van der Waals surface area contributed by atoms with Crippen molar-refractivity contribution in [3.63, 3.8) is 0 Å². The van der Waals surface area contributed by atoms with E-state index in [0.717, 1.165) is 0 Å². The van der Waals surface area contributed by atoms with Gasteiger partial charge in [-0.05, 0) is 0 Å². The van der Waals surface area contributed by atoms with Crippen LogP contribution in [-0.4, -0.2) is 44.7 Å². The van der Waals surface area contributed by atoms with Gasteiger partial charge in [0.2, 0.25) is 0 Å². The van der Waals surface area contributed by atoms with Crippen LogP contribution in [0.5, 0.6) is 0 Å². The molecule has 1 heterocycles. The minimum atomic E-state index is -1.48. The maximum absolute atomic E-state index is 2.61. The molecule has 0 amide bonds. The molecule has 0 unspecified atom stereocenters. The molecule has 0 aliphatic carbocycles. The predicted octanol–water partition coefficient (Wildman–Crippen LogP) is 3.04. The SMILES string of the molecule is C[Si]1(C)CS[CH2][Sn]([CH3])([CH3])[CH2]SC1. The Balaban J connectivity index is 2.45. The number of hydrogen-bond donors (Lipinski definition) is 0. The van der Waals surface area contributed by atoms with Crippen LogP contribution in [-0.2, 0) is 0 Å². The first-order chi connectivity index (χ1) is 5.41. The fourth-order valence-electron chi connectivity index (χ4n) is 1.29. The summed E-state index contributed by atoms with van der Waals surface area (Å²) in [4.78, 5) is 5.21. The van der Waals surface area contributed by atoms with Gasteiger partial charge in [0, 0.05) is 0 Å². The van der Waals surface area contributed by atoms with E-state index < -0.39 is 26.5 Å². The zero-order chi connectivity index (χ0) is 9.24. The van der Waals surface area contributed by atoms with Crippen molar-refractivity contribution in [1.29, 1.82) is 0 Å². The predicted molar refractivity (Wildman–Crippen MR) is 69.6 cm³/mol. The Labute approximate surface area is 90.5 Å². The first-order valence-electron chi connectivity index (χ1n) is 4.57. The Morgan fingerprint density at radius 2 is 1.42 bits per heavy atom. The van der Waals surface area contributed by atoms with Gasteiger partial charge in [0.1, 0.15) is 0 Å². The van der Waals surface area contributed by atoms with Gasteiger partial charge in [0.15, 0.2) is 0 Å². The Kier molecular flexibility index (Phi) is 4.41. The van der Waals surface area contributed by atoms with E-state index in [-0.39, 0.29) is 0 Å². The van der Waals surface area contributed by atoms with E-state index in [1.807, 2.05) is 0 Å². The summed E-state index contributed by atoms with van der Waals surface area (Å²) in [5, 5.41) is 3.03. The third-order valence-corrected chi connectivity index (χ3v) is 28.7. The number of rotatable bonds is 0. The molecule has 12 heavy (non-hydrogen) atoms. The summed E-state index contributed by atoms with van der Waals surface area (Å²) < 4.78 is 3.14. The fourth-order valence-corrected chi connectivity index (χ4v) is 25.9. The molecule has 0 spiro atoms. The zero-order valence-electron chi connectivity index (χ0n) is 8.64. The summed E-state index contributed by atoms with van der Waals surface area (Å²) in [6, 6.07) is 0. The van der Waals surface area contributed by atoms with E-state index in [2.05, 4.69) is 46.5 Å². The zero-order valence-corrected chi connectivity index (χ0v) is 14.1. The van der Waals surface area contributed by atoms with Crippen LogP contribution in [0.1, 0.15) is 0 Å². The van der Waals surface area contributed by atoms with Gasteiger partial charge in [-0.3, -0.25) is 0 Å². The molecular weight excluding hydrogens is 307 g/mol. The molecule has 1 rings (SSSR count). The second kappa shape index (κ2) is 4.49. The van der Waals surface area contributed by atoms with Crippen molar-refractivity contribution in [1.82, 2.24) is 0 Å². The first kappa shape index (κ1) is 11.8. The summed E-state index contributed by atoms with van der Waals surface area (Å²) in [5.41, 5.74) is 0. The van der Waals surface area contributed by atoms with Crippen molar-refractivity contribution in [3.8, 4) is 0 Å². The fraction of sp³-hybridized carbons (Fsp3) is 1.00. The van der Waals surface area contributed by atoms with Gasteiger partial charge in [0.05, 0.1) is 0 Å². The molecule has 0 nitrogen and oxygen atoms in total. The van der Waals surface area contributed by atoms with Gasteiger partial charge in [-0.2, -0.15) is 0 Å². The average Bonchev–Trinajstić information content (AvgIpc) is 1.82. The van der Waals surface area contributed by atoms with E-state index in [1.54, 1.807) is 7.54 Å². The van der Waals surface area contributed by atoms with Crippen molar-refractivity contribution >= 4 is 50.0 Å². The van der Waals surface area contributed by atoms with Crippen LogP contribution in [0.4, 0.5) is 0 Å². The normalized spacial score (nSPS) is 29.0. The second-order valence-corrected chi connectivity index (χ2v) is 30.6. The van der Waals surface area contributed by atoms with Crippen molar-refractivity contribution < 1.29 is 0 Å². The molecule has 0 aromatic heterocycles. The van der Waals surface area contributed by atoms with E-state index in [9.17, 15) is 0 Å².